The summed E-state index contributed by atoms with van der Waals surface area (Å²) in [5.41, 5.74) is 9.74. The fourth-order valence-corrected chi connectivity index (χ4v) is 2.97. The van der Waals surface area contributed by atoms with Crippen molar-refractivity contribution in [3.05, 3.63) is 71.5 Å². The highest BCUT2D eigenvalue weighted by atomic mass is 16.2. The zero-order valence-electron chi connectivity index (χ0n) is 14.9. The van der Waals surface area contributed by atoms with E-state index < -0.39 is 6.03 Å². The summed E-state index contributed by atoms with van der Waals surface area (Å²) in [6, 6.07) is 15.7. The van der Waals surface area contributed by atoms with Gasteiger partial charge in [-0.3, -0.25) is 9.88 Å². The van der Waals surface area contributed by atoms with E-state index in [0.717, 1.165) is 27.7 Å². The number of rotatable bonds is 4. The molecular formula is C21H23N3O. The Morgan fingerprint density at radius 1 is 1.16 bits per heavy atom. The molecular weight excluding hydrogens is 310 g/mol. The van der Waals surface area contributed by atoms with E-state index in [0.29, 0.717) is 12.5 Å². The number of carbonyl (C=O) groups excluding carboxylic acids is 1. The Morgan fingerprint density at radius 2 is 1.88 bits per heavy atom. The van der Waals surface area contributed by atoms with E-state index in [1.807, 2.05) is 37.4 Å². The molecule has 0 aliphatic rings. The van der Waals surface area contributed by atoms with Crippen LogP contribution in [0, 0.1) is 6.92 Å². The predicted octanol–water partition coefficient (Wildman–Crippen LogP) is 4.75. The van der Waals surface area contributed by atoms with Crippen LogP contribution in [0.2, 0.25) is 0 Å². The van der Waals surface area contributed by atoms with Crippen molar-refractivity contribution in [1.82, 2.24) is 4.98 Å². The molecule has 0 saturated carbocycles. The second-order valence-electron chi connectivity index (χ2n) is 6.64. The molecule has 2 amide bonds. The highest BCUT2D eigenvalue weighted by Gasteiger charge is 2.16. The second kappa shape index (κ2) is 6.93. The Bertz CT molecular complexity index is 901. The molecule has 0 atom stereocenters. The van der Waals surface area contributed by atoms with Gasteiger partial charge in [0.2, 0.25) is 0 Å². The standard InChI is InChI=1S/C21H23N3O/c1-14(2)17-9-7-16(8-10-17)13-24(21(22)25)20-6-4-5-18-12-23-15(3)11-19(18)20/h4-12,14H,13H2,1-3H3,(H2,22,25). The normalized spacial score (nSPS) is 11.0. The Labute approximate surface area is 148 Å². The summed E-state index contributed by atoms with van der Waals surface area (Å²) in [6.07, 6.45) is 1.82. The zero-order valence-corrected chi connectivity index (χ0v) is 14.9. The van der Waals surface area contributed by atoms with E-state index in [-0.39, 0.29) is 0 Å². The lowest BCUT2D eigenvalue weighted by Gasteiger charge is -2.23. The minimum absolute atomic E-state index is 0.439. The molecule has 3 aromatic rings. The van der Waals surface area contributed by atoms with E-state index in [1.54, 1.807) is 4.90 Å². The van der Waals surface area contributed by atoms with Crippen LogP contribution in [0.1, 0.15) is 36.6 Å². The number of aryl methyl sites for hydroxylation is 1. The van der Waals surface area contributed by atoms with Crippen LogP contribution in [-0.4, -0.2) is 11.0 Å². The van der Waals surface area contributed by atoms with Crippen LogP contribution in [0.25, 0.3) is 10.8 Å². The molecule has 0 spiro atoms. The summed E-state index contributed by atoms with van der Waals surface area (Å²) in [6.45, 7) is 6.71. The van der Waals surface area contributed by atoms with Gasteiger partial charge in [-0.25, -0.2) is 4.79 Å². The van der Waals surface area contributed by atoms with Gasteiger partial charge in [-0.2, -0.15) is 0 Å². The summed E-state index contributed by atoms with van der Waals surface area (Å²) >= 11 is 0. The third-order valence-electron chi connectivity index (χ3n) is 4.42. The number of anilines is 1. The smallest absolute Gasteiger partial charge is 0.319 e. The Morgan fingerprint density at radius 3 is 2.52 bits per heavy atom. The Balaban J connectivity index is 1.99. The first-order valence-electron chi connectivity index (χ1n) is 8.47. The maximum absolute atomic E-state index is 12.1. The van der Waals surface area contributed by atoms with Crippen LogP contribution in [0.4, 0.5) is 10.5 Å². The minimum atomic E-state index is -0.463. The molecule has 0 unspecified atom stereocenters. The van der Waals surface area contributed by atoms with Gasteiger partial charge in [-0.15, -0.1) is 0 Å². The van der Waals surface area contributed by atoms with Crippen LogP contribution < -0.4 is 10.6 Å². The molecule has 4 nitrogen and oxygen atoms in total. The first-order valence-corrected chi connectivity index (χ1v) is 8.47. The predicted molar refractivity (Wildman–Crippen MR) is 103 cm³/mol. The molecule has 0 saturated heterocycles. The van der Waals surface area contributed by atoms with Crippen LogP contribution in [0.15, 0.2) is 54.7 Å². The Kier molecular flexibility index (Phi) is 4.70. The maximum Gasteiger partial charge on any atom is 0.319 e. The van der Waals surface area contributed by atoms with Crippen molar-refractivity contribution in [1.29, 1.82) is 0 Å². The number of primary amides is 1. The topological polar surface area (TPSA) is 59.2 Å². The molecule has 0 fully saturated rings. The molecule has 0 radical (unpaired) electrons. The lowest BCUT2D eigenvalue weighted by molar-refractivity contribution is 0.253. The molecule has 25 heavy (non-hydrogen) atoms. The van der Waals surface area contributed by atoms with Gasteiger partial charge < -0.3 is 5.73 Å². The number of benzene rings is 2. The van der Waals surface area contributed by atoms with Crippen LogP contribution in [0.3, 0.4) is 0 Å². The van der Waals surface area contributed by atoms with Gasteiger partial charge in [-0.1, -0.05) is 50.2 Å². The quantitative estimate of drug-likeness (QED) is 0.749. The number of urea groups is 1. The molecule has 0 bridgehead atoms. The van der Waals surface area contributed by atoms with Gasteiger partial charge in [0.05, 0.1) is 12.2 Å². The lowest BCUT2D eigenvalue weighted by Crippen LogP contribution is -2.35. The van der Waals surface area contributed by atoms with Crippen molar-refractivity contribution in [3.63, 3.8) is 0 Å². The average Bonchev–Trinajstić information content (AvgIpc) is 2.59. The van der Waals surface area contributed by atoms with Gasteiger partial charge in [0.1, 0.15) is 0 Å². The van der Waals surface area contributed by atoms with Crippen molar-refractivity contribution in [2.75, 3.05) is 4.90 Å². The monoisotopic (exact) mass is 333 g/mol. The molecule has 2 aromatic carbocycles. The molecule has 0 aliphatic heterocycles. The summed E-state index contributed by atoms with van der Waals surface area (Å²) in [4.78, 5) is 18.1. The van der Waals surface area contributed by atoms with Crippen molar-refractivity contribution in [3.8, 4) is 0 Å². The molecule has 1 aromatic heterocycles. The molecule has 3 rings (SSSR count). The molecule has 4 heteroatoms. The third-order valence-corrected chi connectivity index (χ3v) is 4.42. The van der Waals surface area contributed by atoms with Gasteiger partial charge in [0, 0.05) is 22.7 Å². The fraction of sp³-hybridized carbons (Fsp3) is 0.238. The number of carbonyl (C=O) groups is 1. The lowest BCUT2D eigenvalue weighted by atomic mass is 10.0. The molecule has 0 aliphatic carbocycles. The van der Waals surface area contributed by atoms with Crippen molar-refractivity contribution >= 4 is 22.5 Å². The summed E-state index contributed by atoms with van der Waals surface area (Å²) in [5.74, 6) is 0.481. The van der Waals surface area contributed by atoms with Gasteiger partial charge >= 0.3 is 6.03 Å². The average molecular weight is 333 g/mol. The largest absolute Gasteiger partial charge is 0.351 e. The number of pyridine rings is 1. The number of hydrogen-bond donors (Lipinski definition) is 1. The number of nitrogens with zero attached hydrogens (tertiary/aromatic N) is 2. The van der Waals surface area contributed by atoms with Gasteiger partial charge in [0.15, 0.2) is 0 Å². The highest BCUT2D eigenvalue weighted by Crippen LogP contribution is 2.28. The molecule has 128 valence electrons. The molecule has 1 heterocycles. The van der Waals surface area contributed by atoms with E-state index >= 15 is 0 Å². The highest BCUT2D eigenvalue weighted by molar-refractivity contribution is 6.02. The SMILES string of the molecule is Cc1cc2c(N(Cc3ccc(C(C)C)cc3)C(N)=O)cccc2cn1. The van der Waals surface area contributed by atoms with Gasteiger partial charge in [-0.05, 0) is 36.1 Å². The van der Waals surface area contributed by atoms with Crippen molar-refractivity contribution < 1.29 is 4.79 Å². The first-order chi connectivity index (χ1) is 12.0. The summed E-state index contributed by atoms with van der Waals surface area (Å²) < 4.78 is 0. The third kappa shape index (κ3) is 3.63. The number of nitrogens with two attached hydrogens (primary N) is 1. The summed E-state index contributed by atoms with van der Waals surface area (Å²) in [7, 11) is 0. The number of fused-ring (bicyclic) bond motifs is 1. The number of aromatic nitrogens is 1. The fourth-order valence-electron chi connectivity index (χ4n) is 2.97. The van der Waals surface area contributed by atoms with Crippen LogP contribution >= 0.6 is 0 Å². The van der Waals surface area contributed by atoms with E-state index in [1.165, 1.54) is 5.56 Å². The van der Waals surface area contributed by atoms with Gasteiger partial charge in [0.25, 0.3) is 0 Å². The van der Waals surface area contributed by atoms with E-state index in [9.17, 15) is 4.79 Å². The summed E-state index contributed by atoms with van der Waals surface area (Å²) in [5, 5.41) is 1.97. The zero-order chi connectivity index (χ0) is 18.0. The van der Waals surface area contributed by atoms with Crippen LogP contribution in [0.5, 0.6) is 0 Å². The van der Waals surface area contributed by atoms with Crippen molar-refractivity contribution in [2.24, 2.45) is 5.73 Å². The number of amides is 2. The van der Waals surface area contributed by atoms with Crippen LogP contribution in [-0.2, 0) is 6.54 Å². The minimum Gasteiger partial charge on any atom is -0.351 e. The first kappa shape index (κ1) is 17.0. The van der Waals surface area contributed by atoms with E-state index in [2.05, 4.69) is 43.1 Å². The Hall–Kier alpha value is -2.88. The molecule has 2 N–H and O–H groups in total. The second-order valence-corrected chi connectivity index (χ2v) is 6.64. The number of hydrogen-bond acceptors (Lipinski definition) is 2. The van der Waals surface area contributed by atoms with E-state index in [4.69, 9.17) is 5.73 Å². The maximum atomic E-state index is 12.1. The van der Waals surface area contributed by atoms with Crippen molar-refractivity contribution in [2.45, 2.75) is 33.2 Å².